The molecule has 1 fully saturated rings. The summed E-state index contributed by atoms with van der Waals surface area (Å²) in [6.07, 6.45) is 0. The standard InChI is InChI=1S/C6H13N3O2/c1-9-2-3-11-4-5(9)6(10)8-7/h5H,2-4,7H2,1H3,(H,8,10). The molecule has 0 bridgehead atoms. The lowest BCUT2D eigenvalue weighted by atomic mass is 10.2. The van der Waals surface area contributed by atoms with E-state index in [1.807, 2.05) is 11.9 Å². The molecule has 0 radical (unpaired) electrons. The highest BCUT2D eigenvalue weighted by Crippen LogP contribution is 2.02. The minimum absolute atomic E-state index is 0.188. The van der Waals surface area contributed by atoms with E-state index < -0.39 is 0 Å². The van der Waals surface area contributed by atoms with Gasteiger partial charge in [-0.2, -0.15) is 0 Å². The van der Waals surface area contributed by atoms with E-state index in [1.54, 1.807) is 0 Å². The molecule has 5 nitrogen and oxygen atoms in total. The van der Waals surface area contributed by atoms with Gasteiger partial charge in [0.25, 0.3) is 5.91 Å². The van der Waals surface area contributed by atoms with Crippen molar-refractivity contribution < 1.29 is 9.53 Å². The lowest BCUT2D eigenvalue weighted by Crippen LogP contribution is -2.53. The van der Waals surface area contributed by atoms with Crippen LogP contribution in [0.2, 0.25) is 0 Å². The number of carbonyl (C=O) groups excluding carboxylic acids is 1. The van der Waals surface area contributed by atoms with Crippen LogP contribution >= 0.6 is 0 Å². The zero-order valence-electron chi connectivity index (χ0n) is 6.54. The third kappa shape index (κ3) is 1.89. The van der Waals surface area contributed by atoms with Gasteiger partial charge in [0.1, 0.15) is 6.04 Å². The molecular weight excluding hydrogens is 146 g/mol. The number of rotatable bonds is 1. The summed E-state index contributed by atoms with van der Waals surface area (Å²) in [5, 5.41) is 0. The predicted octanol–water partition coefficient (Wildman–Crippen LogP) is -1.69. The molecule has 1 atom stereocenters. The molecule has 1 heterocycles. The Morgan fingerprint density at radius 2 is 2.55 bits per heavy atom. The first-order chi connectivity index (χ1) is 5.25. The first-order valence-electron chi connectivity index (χ1n) is 3.54. The van der Waals surface area contributed by atoms with Gasteiger partial charge >= 0.3 is 0 Å². The number of ether oxygens (including phenoxy) is 1. The van der Waals surface area contributed by atoms with Gasteiger partial charge < -0.3 is 4.74 Å². The van der Waals surface area contributed by atoms with E-state index in [9.17, 15) is 4.79 Å². The summed E-state index contributed by atoms with van der Waals surface area (Å²) in [6.45, 7) is 1.89. The number of nitrogens with zero attached hydrogens (tertiary/aromatic N) is 1. The second-order valence-corrected chi connectivity index (χ2v) is 2.58. The predicted molar refractivity (Wildman–Crippen MR) is 39.6 cm³/mol. The molecule has 5 heteroatoms. The van der Waals surface area contributed by atoms with Crippen LogP contribution in [0, 0.1) is 0 Å². The van der Waals surface area contributed by atoms with Crippen LogP contribution in [0.1, 0.15) is 0 Å². The van der Waals surface area contributed by atoms with Gasteiger partial charge in [-0.3, -0.25) is 15.1 Å². The Balaban J connectivity index is 2.47. The molecule has 64 valence electrons. The molecule has 3 N–H and O–H groups in total. The summed E-state index contributed by atoms with van der Waals surface area (Å²) in [5.74, 6) is 4.80. The Morgan fingerprint density at radius 1 is 1.82 bits per heavy atom. The molecule has 1 rings (SSSR count). The fourth-order valence-electron chi connectivity index (χ4n) is 1.06. The van der Waals surface area contributed by atoms with Gasteiger partial charge in [0.2, 0.25) is 0 Å². The third-order valence-corrected chi connectivity index (χ3v) is 1.84. The van der Waals surface area contributed by atoms with Crippen molar-refractivity contribution in [3.63, 3.8) is 0 Å². The molecule has 1 aliphatic rings. The summed E-state index contributed by atoms with van der Waals surface area (Å²) in [6, 6.07) is -0.228. The normalized spacial score (nSPS) is 26.5. The SMILES string of the molecule is CN1CCOCC1C(=O)NN. The van der Waals surface area contributed by atoms with Gasteiger partial charge in [-0.25, -0.2) is 5.84 Å². The zero-order chi connectivity index (χ0) is 8.27. The first kappa shape index (κ1) is 8.45. The molecule has 1 unspecified atom stereocenters. The molecule has 0 spiro atoms. The van der Waals surface area contributed by atoms with E-state index in [2.05, 4.69) is 5.43 Å². The van der Waals surface area contributed by atoms with E-state index in [4.69, 9.17) is 10.6 Å². The minimum atomic E-state index is -0.228. The van der Waals surface area contributed by atoms with Crippen LogP contribution in [0.25, 0.3) is 0 Å². The lowest BCUT2D eigenvalue weighted by Gasteiger charge is -2.30. The van der Waals surface area contributed by atoms with Gasteiger partial charge in [-0.15, -0.1) is 0 Å². The van der Waals surface area contributed by atoms with Crippen molar-refractivity contribution in [2.24, 2.45) is 5.84 Å². The van der Waals surface area contributed by atoms with Crippen LogP contribution in [0.15, 0.2) is 0 Å². The third-order valence-electron chi connectivity index (χ3n) is 1.84. The van der Waals surface area contributed by atoms with Crippen LogP contribution in [0.4, 0.5) is 0 Å². The Kier molecular flexibility index (Phi) is 2.81. The van der Waals surface area contributed by atoms with Crippen LogP contribution in [0.5, 0.6) is 0 Å². The fourth-order valence-corrected chi connectivity index (χ4v) is 1.06. The number of hydrogen-bond donors (Lipinski definition) is 2. The van der Waals surface area contributed by atoms with Crippen LogP contribution in [-0.2, 0) is 9.53 Å². The van der Waals surface area contributed by atoms with Gasteiger partial charge in [-0.05, 0) is 7.05 Å². The molecule has 0 aromatic carbocycles. The first-order valence-corrected chi connectivity index (χ1v) is 3.54. The summed E-state index contributed by atoms with van der Waals surface area (Å²) < 4.78 is 5.12. The summed E-state index contributed by atoms with van der Waals surface area (Å²) in [7, 11) is 1.88. The van der Waals surface area contributed by atoms with Gasteiger partial charge in [0.15, 0.2) is 0 Å². The largest absolute Gasteiger partial charge is 0.378 e. The lowest BCUT2D eigenvalue weighted by molar-refractivity contribution is -0.131. The van der Waals surface area contributed by atoms with Crippen LogP contribution in [-0.4, -0.2) is 43.7 Å². The number of amides is 1. The maximum atomic E-state index is 11.0. The molecule has 0 saturated carbocycles. The Hall–Kier alpha value is -0.650. The van der Waals surface area contributed by atoms with Crippen LogP contribution < -0.4 is 11.3 Å². The van der Waals surface area contributed by atoms with Crippen molar-refractivity contribution in [2.45, 2.75) is 6.04 Å². The molecule has 11 heavy (non-hydrogen) atoms. The highest BCUT2D eigenvalue weighted by atomic mass is 16.5. The molecule has 1 saturated heterocycles. The van der Waals surface area contributed by atoms with Gasteiger partial charge in [0, 0.05) is 6.54 Å². The highest BCUT2D eigenvalue weighted by molar-refractivity contribution is 5.81. The Bertz CT molecular complexity index is 151. The van der Waals surface area contributed by atoms with Gasteiger partial charge in [0.05, 0.1) is 13.2 Å². The van der Waals surface area contributed by atoms with E-state index in [-0.39, 0.29) is 11.9 Å². The number of nitrogens with one attached hydrogen (secondary N) is 1. The van der Waals surface area contributed by atoms with Crippen molar-refractivity contribution >= 4 is 5.91 Å². The topological polar surface area (TPSA) is 67.6 Å². The van der Waals surface area contributed by atoms with E-state index >= 15 is 0 Å². The second kappa shape index (κ2) is 3.66. The van der Waals surface area contributed by atoms with E-state index in [0.29, 0.717) is 13.2 Å². The highest BCUT2D eigenvalue weighted by Gasteiger charge is 2.25. The number of hydrogen-bond acceptors (Lipinski definition) is 4. The molecule has 1 aliphatic heterocycles. The second-order valence-electron chi connectivity index (χ2n) is 2.58. The number of likely N-dealkylation sites (N-methyl/N-ethyl adjacent to an activating group) is 1. The molecular formula is C6H13N3O2. The molecule has 1 amide bonds. The number of carbonyl (C=O) groups is 1. The quantitative estimate of drug-likeness (QED) is 0.272. The summed E-state index contributed by atoms with van der Waals surface area (Å²) in [4.78, 5) is 12.9. The fraction of sp³-hybridized carbons (Fsp3) is 0.833. The van der Waals surface area contributed by atoms with Gasteiger partial charge in [-0.1, -0.05) is 0 Å². The number of morpholine rings is 1. The average molecular weight is 159 g/mol. The average Bonchev–Trinajstić information content (AvgIpc) is 2.04. The smallest absolute Gasteiger partial charge is 0.253 e. The maximum absolute atomic E-state index is 11.0. The number of hydrazine groups is 1. The molecule has 0 aromatic heterocycles. The maximum Gasteiger partial charge on any atom is 0.253 e. The minimum Gasteiger partial charge on any atom is -0.378 e. The van der Waals surface area contributed by atoms with Crippen molar-refractivity contribution in [1.82, 2.24) is 10.3 Å². The summed E-state index contributed by atoms with van der Waals surface area (Å²) >= 11 is 0. The molecule has 0 aromatic rings. The van der Waals surface area contributed by atoms with Crippen LogP contribution in [0.3, 0.4) is 0 Å². The van der Waals surface area contributed by atoms with E-state index in [1.165, 1.54) is 0 Å². The van der Waals surface area contributed by atoms with Crippen molar-refractivity contribution in [1.29, 1.82) is 0 Å². The molecule has 0 aliphatic carbocycles. The van der Waals surface area contributed by atoms with Crippen molar-refractivity contribution in [3.05, 3.63) is 0 Å². The van der Waals surface area contributed by atoms with Crippen molar-refractivity contribution in [2.75, 3.05) is 26.8 Å². The Labute approximate surface area is 65.5 Å². The summed E-state index contributed by atoms with van der Waals surface area (Å²) in [5.41, 5.74) is 2.10. The number of nitrogens with two attached hydrogens (primary N) is 1. The van der Waals surface area contributed by atoms with E-state index in [0.717, 1.165) is 6.54 Å². The van der Waals surface area contributed by atoms with Crippen molar-refractivity contribution in [3.8, 4) is 0 Å². The monoisotopic (exact) mass is 159 g/mol. The zero-order valence-corrected chi connectivity index (χ0v) is 6.54. The Morgan fingerprint density at radius 3 is 3.09 bits per heavy atom.